The number of halogens is 2. The second kappa shape index (κ2) is 7.98. The highest BCUT2D eigenvalue weighted by Gasteiger charge is 2.15. The van der Waals surface area contributed by atoms with Crippen LogP contribution in [0.2, 0.25) is 10.0 Å². The number of nitrogens with one attached hydrogen (secondary N) is 2. The van der Waals surface area contributed by atoms with Crippen molar-refractivity contribution in [3.05, 3.63) is 87.2 Å². The number of urea groups is 1. The van der Waals surface area contributed by atoms with Gasteiger partial charge < -0.3 is 9.73 Å². The zero-order chi connectivity index (χ0) is 20.4. The summed E-state index contributed by atoms with van der Waals surface area (Å²) in [6, 6.07) is 14.7. The van der Waals surface area contributed by atoms with Crippen molar-refractivity contribution < 1.29 is 9.21 Å². The molecule has 4 aromatic rings. The molecule has 2 amide bonds. The first-order chi connectivity index (χ1) is 14.0. The van der Waals surface area contributed by atoms with Crippen LogP contribution in [0.5, 0.6) is 0 Å². The van der Waals surface area contributed by atoms with E-state index in [9.17, 15) is 9.59 Å². The number of para-hydroxylation sites is 1. The molecule has 0 atom stereocenters. The van der Waals surface area contributed by atoms with Crippen molar-refractivity contribution in [3.63, 3.8) is 0 Å². The first-order valence-electron chi connectivity index (χ1n) is 8.56. The van der Waals surface area contributed by atoms with Crippen LogP contribution in [-0.4, -0.2) is 15.6 Å². The fourth-order valence-corrected chi connectivity index (χ4v) is 3.16. The predicted molar refractivity (Wildman–Crippen MR) is 113 cm³/mol. The molecule has 0 aliphatic rings. The van der Waals surface area contributed by atoms with Gasteiger partial charge in [0.25, 0.3) is 0 Å². The number of hydrogen-bond acceptors (Lipinski definition) is 4. The molecular weight excluding hydrogens is 415 g/mol. The van der Waals surface area contributed by atoms with Gasteiger partial charge in [-0.05, 0) is 42.5 Å². The molecule has 0 unspecified atom stereocenters. The van der Waals surface area contributed by atoms with Crippen LogP contribution >= 0.6 is 23.2 Å². The molecule has 0 spiro atoms. The van der Waals surface area contributed by atoms with Crippen molar-refractivity contribution in [2.24, 2.45) is 0 Å². The van der Waals surface area contributed by atoms with Crippen LogP contribution in [0, 0.1) is 0 Å². The van der Waals surface area contributed by atoms with E-state index in [2.05, 4.69) is 15.6 Å². The van der Waals surface area contributed by atoms with Gasteiger partial charge in [-0.2, -0.15) is 4.98 Å². The summed E-state index contributed by atoms with van der Waals surface area (Å²) in [5.74, 6) is 0.853. The Kier molecular flexibility index (Phi) is 5.24. The number of hydrogen-bond donors (Lipinski definition) is 2. The van der Waals surface area contributed by atoms with Crippen molar-refractivity contribution in [3.8, 4) is 0 Å². The molecule has 9 heteroatoms. The molecule has 0 saturated carbocycles. The SMILES string of the molecule is O=C(Nc1ccc(Cl)c(Cl)c1)Nc1c2ccccc2nc(=O)n1Cc1ccco1. The van der Waals surface area contributed by atoms with Crippen LogP contribution in [0.25, 0.3) is 10.9 Å². The highest BCUT2D eigenvalue weighted by atomic mass is 35.5. The Labute approximate surface area is 174 Å². The molecule has 0 aliphatic carbocycles. The number of furan rings is 1. The number of rotatable bonds is 4. The van der Waals surface area contributed by atoms with Crippen molar-refractivity contribution in [1.82, 2.24) is 9.55 Å². The zero-order valence-electron chi connectivity index (χ0n) is 14.9. The maximum atomic E-state index is 12.6. The van der Waals surface area contributed by atoms with Gasteiger partial charge in [0.1, 0.15) is 11.6 Å². The second-order valence-electron chi connectivity index (χ2n) is 6.13. The minimum absolute atomic E-state index is 0.117. The average molecular weight is 429 g/mol. The van der Waals surface area contributed by atoms with E-state index in [1.807, 2.05) is 0 Å². The summed E-state index contributed by atoms with van der Waals surface area (Å²) in [5.41, 5.74) is 0.415. The number of amides is 2. The van der Waals surface area contributed by atoms with Gasteiger partial charge in [0, 0.05) is 11.1 Å². The average Bonchev–Trinajstić information content (AvgIpc) is 3.20. The Bertz CT molecular complexity index is 1250. The lowest BCUT2D eigenvalue weighted by atomic mass is 10.2. The van der Waals surface area contributed by atoms with Crippen molar-refractivity contribution in [1.29, 1.82) is 0 Å². The third-order valence-corrected chi connectivity index (χ3v) is 4.92. The second-order valence-corrected chi connectivity index (χ2v) is 6.95. The van der Waals surface area contributed by atoms with Crippen molar-refractivity contribution >= 4 is 51.6 Å². The zero-order valence-corrected chi connectivity index (χ0v) is 16.4. The van der Waals surface area contributed by atoms with E-state index < -0.39 is 11.7 Å². The molecule has 0 radical (unpaired) electrons. The van der Waals surface area contributed by atoms with Gasteiger partial charge in [0.15, 0.2) is 0 Å². The summed E-state index contributed by atoms with van der Waals surface area (Å²) in [6.45, 7) is 0.117. The number of aromatic nitrogens is 2. The van der Waals surface area contributed by atoms with E-state index >= 15 is 0 Å². The van der Waals surface area contributed by atoms with Gasteiger partial charge in [0.2, 0.25) is 0 Å². The molecule has 4 rings (SSSR count). The lowest BCUT2D eigenvalue weighted by Gasteiger charge is -2.15. The fourth-order valence-electron chi connectivity index (χ4n) is 2.86. The first kappa shape index (κ1) is 19.0. The smallest absolute Gasteiger partial charge is 0.350 e. The van der Waals surface area contributed by atoms with E-state index in [-0.39, 0.29) is 6.54 Å². The molecular formula is C20H14Cl2N4O3. The summed E-state index contributed by atoms with van der Waals surface area (Å²) < 4.78 is 6.68. The molecule has 0 bridgehead atoms. The molecule has 2 aromatic heterocycles. The lowest BCUT2D eigenvalue weighted by molar-refractivity contribution is 0.262. The van der Waals surface area contributed by atoms with E-state index in [0.29, 0.717) is 38.2 Å². The summed E-state index contributed by atoms with van der Waals surface area (Å²) in [6.07, 6.45) is 1.51. The minimum atomic E-state index is -0.549. The molecule has 2 aromatic carbocycles. The lowest BCUT2D eigenvalue weighted by Crippen LogP contribution is -2.30. The van der Waals surface area contributed by atoms with Gasteiger partial charge >= 0.3 is 11.7 Å². The van der Waals surface area contributed by atoms with Gasteiger partial charge in [-0.1, -0.05) is 35.3 Å². The molecule has 7 nitrogen and oxygen atoms in total. The van der Waals surface area contributed by atoms with Crippen molar-refractivity contribution in [2.45, 2.75) is 6.54 Å². The molecule has 2 heterocycles. The van der Waals surface area contributed by atoms with Gasteiger partial charge in [-0.3, -0.25) is 9.88 Å². The molecule has 29 heavy (non-hydrogen) atoms. The highest BCUT2D eigenvalue weighted by molar-refractivity contribution is 6.42. The van der Waals surface area contributed by atoms with Crippen molar-refractivity contribution in [2.75, 3.05) is 10.6 Å². The third kappa shape index (κ3) is 4.11. The normalized spacial score (nSPS) is 10.8. The monoisotopic (exact) mass is 428 g/mol. The molecule has 0 fully saturated rings. The number of nitrogens with zero attached hydrogens (tertiary/aromatic N) is 2. The van der Waals surface area contributed by atoms with Crippen LogP contribution in [0.15, 0.2) is 70.1 Å². The largest absolute Gasteiger partial charge is 0.467 e. The van der Waals surface area contributed by atoms with Crippen LogP contribution in [-0.2, 0) is 6.54 Å². The third-order valence-electron chi connectivity index (χ3n) is 4.18. The molecule has 0 saturated heterocycles. The van der Waals surface area contributed by atoms with Crippen LogP contribution in [0.4, 0.5) is 16.3 Å². The summed E-state index contributed by atoms with van der Waals surface area (Å²) in [4.78, 5) is 29.3. The molecule has 0 aliphatic heterocycles. The fraction of sp³-hybridized carbons (Fsp3) is 0.0500. The van der Waals surface area contributed by atoms with E-state index in [1.165, 1.54) is 16.9 Å². The Hall–Kier alpha value is -3.29. The van der Waals surface area contributed by atoms with Crippen LogP contribution < -0.4 is 16.3 Å². The standard InChI is InChI=1S/C20H14Cl2N4O3/c21-15-8-7-12(10-16(15)22)23-19(27)25-18-14-5-1-2-6-17(14)24-20(28)26(18)11-13-4-3-9-29-13/h1-10H,11H2,(H2,23,25,27). The Morgan fingerprint density at radius 3 is 2.62 bits per heavy atom. The molecule has 146 valence electrons. The maximum absolute atomic E-state index is 12.6. The Balaban J connectivity index is 1.71. The number of carbonyl (C=O) groups is 1. The van der Waals surface area contributed by atoms with Gasteiger partial charge in [-0.15, -0.1) is 0 Å². The topological polar surface area (TPSA) is 89.2 Å². The van der Waals surface area contributed by atoms with E-state index in [1.54, 1.807) is 48.5 Å². The summed E-state index contributed by atoms with van der Waals surface area (Å²) >= 11 is 11.9. The number of anilines is 2. The summed E-state index contributed by atoms with van der Waals surface area (Å²) in [7, 11) is 0. The number of benzene rings is 2. The van der Waals surface area contributed by atoms with E-state index in [4.69, 9.17) is 27.6 Å². The molecule has 2 N–H and O–H groups in total. The summed E-state index contributed by atoms with van der Waals surface area (Å²) in [5, 5.41) is 6.73. The van der Waals surface area contributed by atoms with Crippen LogP contribution in [0.1, 0.15) is 5.76 Å². The highest BCUT2D eigenvalue weighted by Crippen LogP contribution is 2.26. The first-order valence-corrected chi connectivity index (χ1v) is 9.32. The van der Waals surface area contributed by atoms with Gasteiger partial charge in [-0.25, -0.2) is 9.59 Å². The van der Waals surface area contributed by atoms with Crippen LogP contribution in [0.3, 0.4) is 0 Å². The minimum Gasteiger partial charge on any atom is -0.467 e. The van der Waals surface area contributed by atoms with Gasteiger partial charge in [0.05, 0.1) is 28.4 Å². The van der Waals surface area contributed by atoms with E-state index in [0.717, 1.165) is 0 Å². The Morgan fingerprint density at radius 2 is 1.86 bits per heavy atom. The number of carbonyl (C=O) groups excluding carboxylic acids is 1. The Morgan fingerprint density at radius 1 is 1.03 bits per heavy atom. The predicted octanol–water partition coefficient (Wildman–Crippen LogP) is 4.99. The maximum Gasteiger partial charge on any atom is 0.350 e. The number of fused-ring (bicyclic) bond motifs is 1. The quantitative estimate of drug-likeness (QED) is 0.479.